The molecule has 1 aliphatic heterocycles. The SMILES string of the molecule is [B]C1CC(OP(=O)(OC)OC)C(CC)O1. The quantitative estimate of drug-likeness (QED) is 0.532. The predicted octanol–water partition coefficient (Wildman–Crippen LogP) is 1.47. The van der Waals surface area contributed by atoms with E-state index in [0.717, 1.165) is 6.42 Å². The van der Waals surface area contributed by atoms with Gasteiger partial charge in [-0.25, -0.2) is 4.57 Å². The Morgan fingerprint density at radius 1 is 1.47 bits per heavy atom. The van der Waals surface area contributed by atoms with Gasteiger partial charge in [-0.3, -0.25) is 13.6 Å². The van der Waals surface area contributed by atoms with Crippen molar-refractivity contribution in [3.8, 4) is 0 Å². The average molecular weight is 234 g/mol. The Labute approximate surface area is 91.4 Å². The Kier molecular flexibility index (Phi) is 4.80. The summed E-state index contributed by atoms with van der Waals surface area (Å²) in [5, 5.41) is 0. The maximum atomic E-state index is 11.7. The van der Waals surface area contributed by atoms with E-state index in [1.807, 2.05) is 6.92 Å². The third-order valence-electron chi connectivity index (χ3n) is 2.34. The second-order valence-electron chi connectivity index (χ2n) is 3.31. The number of hydrogen-bond donors (Lipinski definition) is 0. The van der Waals surface area contributed by atoms with Crippen LogP contribution in [-0.4, -0.2) is 40.3 Å². The lowest BCUT2D eigenvalue weighted by atomic mass is 9.96. The van der Waals surface area contributed by atoms with Gasteiger partial charge in [0.1, 0.15) is 7.85 Å². The second kappa shape index (κ2) is 5.46. The molecule has 0 aromatic rings. The molecule has 86 valence electrons. The zero-order chi connectivity index (χ0) is 11.5. The summed E-state index contributed by atoms with van der Waals surface area (Å²) in [5.41, 5.74) is 0. The summed E-state index contributed by atoms with van der Waals surface area (Å²) in [7, 11) is 4.73. The number of ether oxygens (including phenoxy) is 1. The zero-order valence-electron chi connectivity index (χ0n) is 9.21. The summed E-state index contributed by atoms with van der Waals surface area (Å²) >= 11 is 0. The van der Waals surface area contributed by atoms with Crippen molar-refractivity contribution in [2.24, 2.45) is 0 Å². The van der Waals surface area contributed by atoms with Crippen molar-refractivity contribution in [1.82, 2.24) is 0 Å². The van der Waals surface area contributed by atoms with Crippen LogP contribution in [0.3, 0.4) is 0 Å². The first kappa shape index (κ1) is 13.2. The fraction of sp³-hybridized carbons (Fsp3) is 1.00. The van der Waals surface area contributed by atoms with E-state index in [1.165, 1.54) is 14.2 Å². The molecule has 0 aliphatic carbocycles. The Morgan fingerprint density at radius 3 is 2.53 bits per heavy atom. The molecular formula is C8H16BO5P. The lowest BCUT2D eigenvalue weighted by Gasteiger charge is -2.21. The van der Waals surface area contributed by atoms with E-state index >= 15 is 0 Å². The first-order valence-electron chi connectivity index (χ1n) is 4.85. The van der Waals surface area contributed by atoms with Crippen LogP contribution in [0.15, 0.2) is 0 Å². The second-order valence-corrected chi connectivity index (χ2v) is 5.15. The molecule has 15 heavy (non-hydrogen) atoms. The first-order valence-corrected chi connectivity index (χ1v) is 6.31. The topological polar surface area (TPSA) is 54.0 Å². The molecule has 1 heterocycles. The van der Waals surface area contributed by atoms with E-state index in [0.29, 0.717) is 6.42 Å². The fourth-order valence-corrected chi connectivity index (χ4v) is 2.42. The summed E-state index contributed by atoms with van der Waals surface area (Å²) in [6, 6.07) is -0.373. The average Bonchev–Trinajstić information content (AvgIpc) is 2.58. The van der Waals surface area contributed by atoms with E-state index in [2.05, 4.69) is 0 Å². The lowest BCUT2D eigenvalue weighted by Crippen LogP contribution is -2.23. The molecule has 0 aromatic heterocycles. The Hall–Kier alpha value is 0.135. The highest BCUT2D eigenvalue weighted by atomic mass is 31.2. The largest absolute Gasteiger partial charge is 0.474 e. The lowest BCUT2D eigenvalue weighted by molar-refractivity contribution is 0.0224. The fourth-order valence-electron chi connectivity index (χ4n) is 1.54. The third kappa shape index (κ3) is 3.29. The standard InChI is InChI=1S/C8H16BO5P/c1-4-6-7(5-8(9)13-6)14-15(10,11-2)12-3/h6-8H,4-5H2,1-3H3. The minimum Gasteiger partial charge on any atom is -0.382 e. The zero-order valence-corrected chi connectivity index (χ0v) is 10.1. The van der Waals surface area contributed by atoms with Crippen LogP contribution in [0.25, 0.3) is 0 Å². The maximum Gasteiger partial charge on any atom is 0.474 e. The number of rotatable bonds is 5. The van der Waals surface area contributed by atoms with Crippen molar-refractivity contribution in [2.45, 2.75) is 38.0 Å². The van der Waals surface area contributed by atoms with Crippen LogP contribution < -0.4 is 0 Å². The van der Waals surface area contributed by atoms with Crippen molar-refractivity contribution in [1.29, 1.82) is 0 Å². The number of phosphoric acid groups is 1. The highest BCUT2D eigenvalue weighted by molar-refractivity contribution is 7.48. The van der Waals surface area contributed by atoms with Crippen molar-refractivity contribution in [2.75, 3.05) is 14.2 Å². The molecule has 0 N–H and O–H groups in total. The van der Waals surface area contributed by atoms with Gasteiger partial charge in [0.05, 0.1) is 12.2 Å². The van der Waals surface area contributed by atoms with Gasteiger partial charge in [0, 0.05) is 20.2 Å². The van der Waals surface area contributed by atoms with Crippen LogP contribution in [0.5, 0.6) is 0 Å². The van der Waals surface area contributed by atoms with Crippen molar-refractivity contribution in [3.05, 3.63) is 0 Å². The molecule has 1 aliphatic rings. The van der Waals surface area contributed by atoms with Gasteiger partial charge in [-0.15, -0.1) is 0 Å². The van der Waals surface area contributed by atoms with Crippen LogP contribution in [0.2, 0.25) is 0 Å². The molecule has 0 aromatic carbocycles. The van der Waals surface area contributed by atoms with Gasteiger partial charge in [-0.05, 0) is 12.8 Å². The van der Waals surface area contributed by atoms with Crippen LogP contribution >= 0.6 is 7.82 Å². The smallest absolute Gasteiger partial charge is 0.382 e. The van der Waals surface area contributed by atoms with Crippen LogP contribution in [0, 0.1) is 0 Å². The van der Waals surface area contributed by atoms with Gasteiger partial charge in [0.15, 0.2) is 0 Å². The van der Waals surface area contributed by atoms with Crippen molar-refractivity contribution < 1.29 is 22.9 Å². The molecule has 0 saturated carbocycles. The van der Waals surface area contributed by atoms with Gasteiger partial charge in [0.25, 0.3) is 0 Å². The highest BCUT2D eigenvalue weighted by Gasteiger charge is 2.38. The molecule has 3 unspecified atom stereocenters. The summed E-state index contributed by atoms with van der Waals surface area (Å²) in [4.78, 5) is 0. The van der Waals surface area contributed by atoms with Crippen molar-refractivity contribution in [3.63, 3.8) is 0 Å². The van der Waals surface area contributed by atoms with Crippen LogP contribution in [0.1, 0.15) is 19.8 Å². The molecule has 0 amide bonds. The van der Waals surface area contributed by atoms with Gasteiger partial charge in [0.2, 0.25) is 0 Å². The molecular weight excluding hydrogens is 218 g/mol. The highest BCUT2D eigenvalue weighted by Crippen LogP contribution is 2.50. The summed E-state index contributed by atoms with van der Waals surface area (Å²) in [6.07, 6.45) is 0.746. The normalized spacial score (nSPS) is 32.1. The molecule has 1 rings (SSSR count). The summed E-state index contributed by atoms with van der Waals surface area (Å²) < 4.78 is 31.8. The predicted molar refractivity (Wildman–Crippen MR) is 55.8 cm³/mol. The molecule has 0 bridgehead atoms. The van der Waals surface area contributed by atoms with Gasteiger partial charge in [-0.1, -0.05) is 6.92 Å². The molecule has 2 radical (unpaired) electrons. The van der Waals surface area contributed by atoms with Crippen molar-refractivity contribution >= 4 is 15.7 Å². The van der Waals surface area contributed by atoms with E-state index in [4.69, 9.17) is 26.2 Å². The first-order chi connectivity index (χ1) is 7.04. The van der Waals surface area contributed by atoms with E-state index < -0.39 is 7.82 Å². The van der Waals surface area contributed by atoms with Gasteiger partial charge < -0.3 is 4.74 Å². The Morgan fingerprint density at radius 2 is 2.07 bits per heavy atom. The van der Waals surface area contributed by atoms with E-state index in [-0.39, 0.29) is 18.2 Å². The molecule has 1 saturated heterocycles. The minimum atomic E-state index is -3.44. The molecule has 5 nitrogen and oxygen atoms in total. The molecule has 1 fully saturated rings. The Bertz CT molecular complexity index is 241. The minimum absolute atomic E-state index is 0.154. The molecule has 3 atom stereocenters. The van der Waals surface area contributed by atoms with Crippen LogP contribution in [0.4, 0.5) is 0 Å². The summed E-state index contributed by atoms with van der Waals surface area (Å²) in [6.45, 7) is 1.95. The maximum absolute atomic E-state index is 11.7. The van der Waals surface area contributed by atoms with E-state index in [1.54, 1.807) is 0 Å². The molecule has 7 heteroatoms. The summed E-state index contributed by atoms with van der Waals surface area (Å²) in [5.74, 6) is 0. The number of hydrogen-bond acceptors (Lipinski definition) is 5. The van der Waals surface area contributed by atoms with E-state index in [9.17, 15) is 4.57 Å². The van der Waals surface area contributed by atoms with Gasteiger partial charge in [-0.2, -0.15) is 0 Å². The monoisotopic (exact) mass is 234 g/mol. The van der Waals surface area contributed by atoms with Gasteiger partial charge >= 0.3 is 7.82 Å². The third-order valence-corrected chi connectivity index (χ3v) is 3.77. The Balaban J connectivity index is 2.60. The van der Waals surface area contributed by atoms with Crippen LogP contribution in [-0.2, 0) is 22.9 Å². The number of phosphoric ester groups is 1. The molecule has 0 spiro atoms.